The first-order valence-corrected chi connectivity index (χ1v) is 8.56. The Kier molecular flexibility index (Phi) is 5.15. The van der Waals surface area contributed by atoms with E-state index in [9.17, 15) is 22.8 Å². The molecule has 0 aromatic heterocycles. The van der Waals surface area contributed by atoms with E-state index in [0.717, 1.165) is 23.1 Å². The predicted octanol–water partition coefficient (Wildman–Crippen LogP) is 4.37. The number of amides is 2. The van der Waals surface area contributed by atoms with Gasteiger partial charge in [0.05, 0.1) is 22.2 Å². The first-order chi connectivity index (χ1) is 12.7. The molecule has 2 aromatic carbocycles. The van der Waals surface area contributed by atoms with Crippen LogP contribution in [0.15, 0.2) is 48.5 Å². The standard InChI is InChI=1S/C19H16ClF3N2O2/c1-24(16-10-13(19(21,22)23)7-8-15(16)20)18(27)12-9-17(26)25(11-12)14-5-3-2-4-6-14/h2-8,10,12H,9,11H2,1H3. The van der Waals surface area contributed by atoms with E-state index >= 15 is 0 Å². The number of anilines is 2. The Morgan fingerprint density at radius 1 is 1.19 bits per heavy atom. The fourth-order valence-electron chi connectivity index (χ4n) is 3.07. The van der Waals surface area contributed by atoms with Crippen molar-refractivity contribution >= 4 is 34.8 Å². The van der Waals surface area contributed by atoms with Crippen molar-refractivity contribution in [2.24, 2.45) is 5.92 Å². The molecule has 0 N–H and O–H groups in total. The molecule has 142 valence electrons. The van der Waals surface area contributed by atoms with Gasteiger partial charge in [-0.2, -0.15) is 13.2 Å². The zero-order valence-electron chi connectivity index (χ0n) is 14.3. The summed E-state index contributed by atoms with van der Waals surface area (Å²) in [6.07, 6.45) is -4.55. The van der Waals surface area contributed by atoms with Gasteiger partial charge in [0.2, 0.25) is 11.8 Å². The topological polar surface area (TPSA) is 40.6 Å². The molecule has 1 unspecified atom stereocenters. The van der Waals surface area contributed by atoms with Crippen LogP contribution in [0.5, 0.6) is 0 Å². The van der Waals surface area contributed by atoms with Crippen molar-refractivity contribution in [3.05, 3.63) is 59.1 Å². The molecule has 27 heavy (non-hydrogen) atoms. The molecule has 2 amide bonds. The molecule has 1 atom stereocenters. The van der Waals surface area contributed by atoms with Gasteiger partial charge in [0, 0.05) is 25.7 Å². The smallest absolute Gasteiger partial charge is 0.314 e. The monoisotopic (exact) mass is 396 g/mol. The Labute approximate surface area is 159 Å². The molecule has 1 heterocycles. The third kappa shape index (κ3) is 3.93. The minimum Gasteiger partial charge on any atom is -0.314 e. The maximum atomic E-state index is 13.0. The van der Waals surface area contributed by atoms with Crippen LogP contribution < -0.4 is 9.80 Å². The van der Waals surface area contributed by atoms with E-state index in [0.29, 0.717) is 5.69 Å². The summed E-state index contributed by atoms with van der Waals surface area (Å²) in [7, 11) is 1.36. The predicted molar refractivity (Wildman–Crippen MR) is 96.8 cm³/mol. The molecular weight excluding hydrogens is 381 g/mol. The van der Waals surface area contributed by atoms with Crippen LogP contribution in [0, 0.1) is 5.92 Å². The Morgan fingerprint density at radius 3 is 2.48 bits per heavy atom. The maximum absolute atomic E-state index is 13.0. The van der Waals surface area contributed by atoms with Gasteiger partial charge in [0.1, 0.15) is 0 Å². The number of nitrogens with zero attached hydrogens (tertiary/aromatic N) is 2. The van der Waals surface area contributed by atoms with Crippen molar-refractivity contribution in [3.8, 4) is 0 Å². The van der Waals surface area contributed by atoms with Gasteiger partial charge >= 0.3 is 6.18 Å². The maximum Gasteiger partial charge on any atom is 0.416 e. The zero-order valence-corrected chi connectivity index (χ0v) is 15.1. The summed E-state index contributed by atoms with van der Waals surface area (Å²) < 4.78 is 38.9. The third-order valence-electron chi connectivity index (χ3n) is 4.51. The van der Waals surface area contributed by atoms with Gasteiger partial charge in [-0.15, -0.1) is 0 Å². The van der Waals surface area contributed by atoms with E-state index < -0.39 is 23.6 Å². The zero-order chi connectivity index (χ0) is 19.8. The average Bonchev–Trinajstić information content (AvgIpc) is 3.02. The average molecular weight is 397 g/mol. The molecule has 0 spiro atoms. The normalized spacial score (nSPS) is 17.3. The van der Waals surface area contributed by atoms with Gasteiger partial charge in [0.15, 0.2) is 0 Å². The van der Waals surface area contributed by atoms with E-state index in [1.807, 2.05) is 6.07 Å². The molecule has 2 aromatic rings. The second-order valence-corrected chi connectivity index (χ2v) is 6.71. The molecule has 1 saturated heterocycles. The number of carbonyl (C=O) groups is 2. The van der Waals surface area contributed by atoms with Crippen molar-refractivity contribution in [2.45, 2.75) is 12.6 Å². The minimum absolute atomic E-state index is 0.00531. The molecule has 0 aliphatic carbocycles. The van der Waals surface area contributed by atoms with Crippen molar-refractivity contribution in [2.75, 3.05) is 23.4 Å². The number of benzene rings is 2. The summed E-state index contributed by atoms with van der Waals surface area (Å²) in [5.41, 5.74) is -0.255. The highest BCUT2D eigenvalue weighted by Gasteiger charge is 2.38. The van der Waals surface area contributed by atoms with Gasteiger partial charge in [-0.05, 0) is 30.3 Å². The van der Waals surface area contributed by atoms with E-state index in [-0.39, 0.29) is 29.6 Å². The minimum atomic E-state index is -4.54. The molecule has 1 fully saturated rings. The SMILES string of the molecule is CN(C(=O)C1CC(=O)N(c2ccccc2)C1)c1cc(C(F)(F)F)ccc1Cl. The van der Waals surface area contributed by atoms with E-state index in [1.165, 1.54) is 11.9 Å². The molecule has 1 aliphatic heterocycles. The lowest BCUT2D eigenvalue weighted by Gasteiger charge is -2.23. The fraction of sp³-hybridized carbons (Fsp3) is 0.263. The van der Waals surface area contributed by atoms with Gasteiger partial charge in [-0.25, -0.2) is 0 Å². The van der Waals surface area contributed by atoms with Crippen LogP contribution in [0.1, 0.15) is 12.0 Å². The van der Waals surface area contributed by atoms with Gasteiger partial charge in [0.25, 0.3) is 0 Å². The van der Waals surface area contributed by atoms with Crippen molar-refractivity contribution in [1.29, 1.82) is 0 Å². The number of halogens is 4. The van der Waals surface area contributed by atoms with E-state index in [4.69, 9.17) is 11.6 Å². The quantitative estimate of drug-likeness (QED) is 0.772. The molecule has 4 nitrogen and oxygen atoms in total. The molecule has 0 radical (unpaired) electrons. The number of hydrogen-bond donors (Lipinski definition) is 0. The summed E-state index contributed by atoms with van der Waals surface area (Å²) in [4.78, 5) is 27.7. The Morgan fingerprint density at radius 2 is 1.85 bits per heavy atom. The summed E-state index contributed by atoms with van der Waals surface area (Å²) >= 11 is 6.01. The summed E-state index contributed by atoms with van der Waals surface area (Å²) in [5.74, 6) is -1.32. The van der Waals surface area contributed by atoms with E-state index in [2.05, 4.69) is 0 Å². The molecule has 0 saturated carbocycles. The van der Waals surface area contributed by atoms with Crippen molar-refractivity contribution in [3.63, 3.8) is 0 Å². The summed E-state index contributed by atoms with van der Waals surface area (Å²) in [6, 6.07) is 11.7. The van der Waals surface area contributed by atoms with Gasteiger partial charge in [-0.3, -0.25) is 9.59 Å². The first-order valence-electron chi connectivity index (χ1n) is 8.18. The second kappa shape index (κ2) is 7.23. The lowest BCUT2D eigenvalue weighted by Crippen LogP contribution is -2.35. The van der Waals surface area contributed by atoms with Crippen LogP contribution in [0.3, 0.4) is 0 Å². The van der Waals surface area contributed by atoms with Crippen molar-refractivity contribution < 1.29 is 22.8 Å². The number of para-hydroxylation sites is 1. The summed E-state index contributed by atoms with van der Waals surface area (Å²) in [5, 5.41) is 0.0306. The highest BCUT2D eigenvalue weighted by atomic mass is 35.5. The first kappa shape index (κ1) is 19.2. The van der Waals surface area contributed by atoms with Crippen LogP contribution in [0.2, 0.25) is 5.02 Å². The lowest BCUT2D eigenvalue weighted by molar-refractivity contribution is -0.137. The van der Waals surface area contributed by atoms with Gasteiger partial charge < -0.3 is 9.80 Å². The second-order valence-electron chi connectivity index (χ2n) is 6.30. The molecule has 8 heteroatoms. The number of carbonyl (C=O) groups excluding carboxylic acids is 2. The molecule has 0 bridgehead atoms. The third-order valence-corrected chi connectivity index (χ3v) is 4.83. The molecular formula is C19H16ClF3N2O2. The highest BCUT2D eigenvalue weighted by molar-refractivity contribution is 6.33. The van der Waals surface area contributed by atoms with Crippen molar-refractivity contribution in [1.82, 2.24) is 0 Å². The van der Waals surface area contributed by atoms with Crippen LogP contribution in [0.4, 0.5) is 24.5 Å². The van der Waals surface area contributed by atoms with Crippen LogP contribution in [0.25, 0.3) is 0 Å². The number of rotatable bonds is 3. The fourth-order valence-corrected chi connectivity index (χ4v) is 3.31. The lowest BCUT2D eigenvalue weighted by atomic mass is 10.1. The Balaban J connectivity index is 1.81. The Hall–Kier alpha value is -2.54. The van der Waals surface area contributed by atoms with Crippen LogP contribution >= 0.6 is 11.6 Å². The van der Waals surface area contributed by atoms with E-state index in [1.54, 1.807) is 24.3 Å². The highest BCUT2D eigenvalue weighted by Crippen LogP contribution is 2.36. The molecule has 1 aliphatic rings. The van der Waals surface area contributed by atoms with Crippen LogP contribution in [-0.4, -0.2) is 25.4 Å². The summed E-state index contributed by atoms with van der Waals surface area (Å²) in [6.45, 7) is 0.169. The largest absolute Gasteiger partial charge is 0.416 e. The number of alkyl halides is 3. The van der Waals surface area contributed by atoms with Gasteiger partial charge in [-0.1, -0.05) is 29.8 Å². The van der Waals surface area contributed by atoms with Crippen LogP contribution in [-0.2, 0) is 15.8 Å². The molecule has 3 rings (SSSR count). The Bertz CT molecular complexity index is 871. The number of hydrogen-bond acceptors (Lipinski definition) is 2.